The van der Waals surface area contributed by atoms with Crippen LogP contribution in [0.1, 0.15) is 25.8 Å². The molecule has 1 N–H and O–H groups in total. The lowest BCUT2D eigenvalue weighted by molar-refractivity contribution is 0.206. The third-order valence-electron chi connectivity index (χ3n) is 2.64. The topological polar surface area (TPSA) is 23.5 Å². The first-order chi connectivity index (χ1) is 8.26. The first-order valence-corrected chi connectivity index (χ1v) is 6.31. The second kappa shape index (κ2) is 8.04. The van der Waals surface area contributed by atoms with Crippen molar-refractivity contribution in [2.24, 2.45) is 0 Å². The summed E-state index contributed by atoms with van der Waals surface area (Å²) in [6.45, 7) is 7.28. The fourth-order valence-electron chi connectivity index (χ4n) is 1.96. The third kappa shape index (κ3) is 5.66. The molecule has 2 heteroatoms. The molecule has 1 rings (SSSR count). The van der Waals surface area contributed by atoms with Gasteiger partial charge in [-0.3, -0.25) is 4.90 Å². The monoisotopic (exact) mass is 233 g/mol. The van der Waals surface area contributed by atoms with Crippen molar-refractivity contribution in [3.8, 4) is 0 Å². The highest BCUT2D eigenvalue weighted by atomic mass is 16.3. The normalized spacial score (nSPS) is 12.1. The average molecular weight is 233 g/mol. The highest BCUT2D eigenvalue weighted by molar-refractivity contribution is 5.52. The lowest BCUT2D eigenvalue weighted by Gasteiger charge is -2.20. The second-order valence-corrected chi connectivity index (χ2v) is 4.40. The van der Waals surface area contributed by atoms with E-state index in [-0.39, 0.29) is 6.61 Å². The zero-order valence-electron chi connectivity index (χ0n) is 10.9. The Morgan fingerprint density at radius 3 is 2.53 bits per heavy atom. The zero-order chi connectivity index (χ0) is 12.5. The van der Waals surface area contributed by atoms with E-state index in [1.54, 1.807) is 0 Å². The van der Waals surface area contributed by atoms with Crippen LogP contribution in [0.3, 0.4) is 0 Å². The van der Waals surface area contributed by atoms with Gasteiger partial charge in [0.1, 0.15) is 0 Å². The minimum atomic E-state index is 0.235. The highest BCUT2D eigenvalue weighted by Gasteiger charge is 2.03. The van der Waals surface area contributed by atoms with E-state index in [4.69, 9.17) is 5.11 Å². The molecule has 0 saturated carbocycles. The van der Waals surface area contributed by atoms with Gasteiger partial charge in [-0.2, -0.15) is 0 Å². The van der Waals surface area contributed by atoms with Crippen molar-refractivity contribution in [1.29, 1.82) is 0 Å². The number of aliphatic hydroxyl groups excluding tert-OH is 1. The molecule has 0 amide bonds. The molecule has 1 aromatic rings. The first-order valence-electron chi connectivity index (χ1n) is 6.31. The molecule has 0 atom stereocenters. The minimum absolute atomic E-state index is 0.235. The van der Waals surface area contributed by atoms with E-state index in [0.29, 0.717) is 0 Å². The molecule has 0 spiro atoms. The number of aliphatic hydroxyl groups is 1. The smallest absolute Gasteiger partial charge is 0.0558 e. The summed E-state index contributed by atoms with van der Waals surface area (Å²) < 4.78 is 0. The summed E-state index contributed by atoms with van der Waals surface area (Å²) in [5, 5.41) is 9.00. The van der Waals surface area contributed by atoms with E-state index in [1.165, 1.54) is 11.1 Å². The fourth-order valence-corrected chi connectivity index (χ4v) is 1.96. The largest absolute Gasteiger partial charge is 0.395 e. The van der Waals surface area contributed by atoms with Gasteiger partial charge in [-0.05, 0) is 25.5 Å². The van der Waals surface area contributed by atoms with Crippen LogP contribution in [0, 0.1) is 0 Å². The van der Waals surface area contributed by atoms with Crippen molar-refractivity contribution >= 4 is 6.08 Å². The van der Waals surface area contributed by atoms with E-state index in [2.05, 4.69) is 49.1 Å². The van der Waals surface area contributed by atoms with Crippen LogP contribution in [-0.2, 0) is 0 Å². The third-order valence-corrected chi connectivity index (χ3v) is 2.64. The van der Waals surface area contributed by atoms with Gasteiger partial charge in [-0.1, -0.05) is 48.9 Å². The van der Waals surface area contributed by atoms with Gasteiger partial charge in [-0.15, -0.1) is 0 Å². The van der Waals surface area contributed by atoms with Crippen molar-refractivity contribution < 1.29 is 5.11 Å². The predicted molar refractivity (Wildman–Crippen MR) is 73.9 cm³/mol. The van der Waals surface area contributed by atoms with Crippen LogP contribution in [0.15, 0.2) is 35.9 Å². The molecule has 0 radical (unpaired) electrons. The molecule has 94 valence electrons. The molecule has 0 aliphatic rings. The molecule has 0 unspecified atom stereocenters. The molecule has 0 aliphatic heterocycles. The molecular weight excluding hydrogens is 210 g/mol. The second-order valence-electron chi connectivity index (χ2n) is 4.40. The van der Waals surface area contributed by atoms with Crippen molar-refractivity contribution in [2.45, 2.75) is 20.3 Å². The molecule has 0 aromatic heterocycles. The van der Waals surface area contributed by atoms with E-state index in [9.17, 15) is 0 Å². The van der Waals surface area contributed by atoms with Gasteiger partial charge in [0, 0.05) is 13.1 Å². The fraction of sp³-hybridized carbons (Fsp3) is 0.467. The molecule has 0 fully saturated rings. The van der Waals surface area contributed by atoms with Crippen LogP contribution in [0.5, 0.6) is 0 Å². The summed E-state index contributed by atoms with van der Waals surface area (Å²) in [4.78, 5) is 2.29. The van der Waals surface area contributed by atoms with Gasteiger partial charge in [0.25, 0.3) is 0 Å². The molecular formula is C15H23NO. The summed E-state index contributed by atoms with van der Waals surface area (Å²) in [7, 11) is 0. The molecule has 2 nitrogen and oxygen atoms in total. The van der Waals surface area contributed by atoms with Gasteiger partial charge in [-0.25, -0.2) is 0 Å². The van der Waals surface area contributed by atoms with Gasteiger partial charge in [0.15, 0.2) is 0 Å². The molecule has 0 saturated heterocycles. The predicted octanol–water partition coefficient (Wildman–Crippen LogP) is 2.79. The average Bonchev–Trinajstić information content (AvgIpc) is 2.30. The van der Waals surface area contributed by atoms with Gasteiger partial charge in [0.05, 0.1) is 6.61 Å². The number of nitrogens with zero attached hydrogens (tertiary/aromatic N) is 1. The van der Waals surface area contributed by atoms with Crippen LogP contribution in [0.4, 0.5) is 0 Å². The van der Waals surface area contributed by atoms with Crippen LogP contribution < -0.4 is 0 Å². The summed E-state index contributed by atoms with van der Waals surface area (Å²) in [5.41, 5.74) is 2.57. The lowest BCUT2D eigenvalue weighted by atomic mass is 10.1. The SMILES string of the molecule is CCCN(CCO)CC(C)=Cc1ccccc1. The highest BCUT2D eigenvalue weighted by Crippen LogP contribution is 2.07. The van der Waals surface area contributed by atoms with E-state index >= 15 is 0 Å². The Labute approximate surface area is 105 Å². The molecule has 0 heterocycles. The van der Waals surface area contributed by atoms with Crippen LogP contribution in [-0.4, -0.2) is 36.2 Å². The maximum Gasteiger partial charge on any atom is 0.0558 e. The Kier molecular flexibility index (Phi) is 6.60. The summed E-state index contributed by atoms with van der Waals surface area (Å²) in [5.74, 6) is 0. The molecule has 0 aliphatic carbocycles. The Bertz CT molecular complexity index is 326. The van der Waals surface area contributed by atoms with Crippen LogP contribution in [0.25, 0.3) is 6.08 Å². The maximum absolute atomic E-state index is 9.00. The van der Waals surface area contributed by atoms with Crippen molar-refractivity contribution in [3.63, 3.8) is 0 Å². The zero-order valence-corrected chi connectivity index (χ0v) is 10.9. The van der Waals surface area contributed by atoms with Crippen LogP contribution >= 0.6 is 0 Å². The maximum atomic E-state index is 9.00. The summed E-state index contributed by atoms with van der Waals surface area (Å²) in [6, 6.07) is 10.4. The van der Waals surface area contributed by atoms with Crippen molar-refractivity contribution in [1.82, 2.24) is 4.90 Å². The van der Waals surface area contributed by atoms with Gasteiger partial charge < -0.3 is 5.11 Å². The first kappa shape index (κ1) is 13.9. The van der Waals surface area contributed by atoms with Gasteiger partial charge in [0.2, 0.25) is 0 Å². The standard InChI is InChI=1S/C15H23NO/c1-3-9-16(10-11-17)13-14(2)12-15-7-5-4-6-8-15/h4-8,12,17H,3,9-11,13H2,1-2H3. The molecule has 1 aromatic carbocycles. The Hall–Kier alpha value is -1.12. The van der Waals surface area contributed by atoms with Crippen LogP contribution in [0.2, 0.25) is 0 Å². The number of hydrogen-bond acceptors (Lipinski definition) is 2. The Morgan fingerprint density at radius 2 is 1.94 bits per heavy atom. The molecule has 17 heavy (non-hydrogen) atoms. The Morgan fingerprint density at radius 1 is 1.24 bits per heavy atom. The number of rotatable bonds is 7. The minimum Gasteiger partial charge on any atom is -0.395 e. The van der Waals surface area contributed by atoms with E-state index < -0.39 is 0 Å². The van der Waals surface area contributed by atoms with Crippen molar-refractivity contribution in [3.05, 3.63) is 41.5 Å². The molecule has 0 bridgehead atoms. The van der Waals surface area contributed by atoms with E-state index in [1.807, 2.05) is 6.07 Å². The van der Waals surface area contributed by atoms with Gasteiger partial charge >= 0.3 is 0 Å². The van der Waals surface area contributed by atoms with Crippen molar-refractivity contribution in [2.75, 3.05) is 26.2 Å². The Balaban J connectivity index is 2.57. The quantitative estimate of drug-likeness (QED) is 0.783. The number of hydrogen-bond donors (Lipinski definition) is 1. The number of benzene rings is 1. The summed E-state index contributed by atoms with van der Waals surface area (Å²) >= 11 is 0. The lowest BCUT2D eigenvalue weighted by Crippen LogP contribution is -2.29. The van der Waals surface area contributed by atoms with E-state index in [0.717, 1.165) is 26.1 Å². The summed E-state index contributed by atoms with van der Waals surface area (Å²) in [6.07, 6.45) is 3.33.